The lowest BCUT2D eigenvalue weighted by atomic mass is 9.93. The van der Waals surface area contributed by atoms with E-state index >= 15 is 0 Å². The first-order chi connectivity index (χ1) is 20.2. The summed E-state index contributed by atoms with van der Waals surface area (Å²) in [5, 5.41) is 28.9. The Hall–Kier alpha value is -4.34. The third kappa shape index (κ3) is 8.11. The zero-order valence-electron chi connectivity index (χ0n) is 23.5. The van der Waals surface area contributed by atoms with Crippen LogP contribution < -0.4 is 21.4 Å². The summed E-state index contributed by atoms with van der Waals surface area (Å²) in [6.07, 6.45) is 5.26. The van der Waals surface area contributed by atoms with Gasteiger partial charge in [-0.25, -0.2) is 4.79 Å². The van der Waals surface area contributed by atoms with E-state index in [0.29, 0.717) is 23.1 Å². The molecule has 1 unspecified atom stereocenters. The third-order valence-electron chi connectivity index (χ3n) is 7.23. The van der Waals surface area contributed by atoms with Crippen molar-refractivity contribution in [2.45, 2.75) is 51.3 Å². The number of amides is 1. The highest BCUT2D eigenvalue weighted by Gasteiger charge is 2.19. The highest BCUT2D eigenvalue weighted by atomic mass is 35.5. The summed E-state index contributed by atoms with van der Waals surface area (Å²) >= 11 is 6.08. The van der Waals surface area contributed by atoms with Gasteiger partial charge in [0, 0.05) is 16.3 Å². The number of halogens is 1. The molecule has 1 aliphatic rings. The van der Waals surface area contributed by atoms with Crippen molar-refractivity contribution >= 4 is 40.7 Å². The number of nitrogens with one attached hydrogen (secondary N) is 2. The number of guanidine groups is 1. The SMILES string of the molecule is CC(N/C(=N/N)N(Cc1ccc(C(=O)NC[C@@H](O)C(=O)O)cc1)c1ccc(C2=CCCCC2)cc1)c1ccc(Cl)cc1. The fourth-order valence-corrected chi connectivity index (χ4v) is 4.91. The minimum Gasteiger partial charge on any atom is -0.479 e. The first kappa shape index (κ1) is 30.6. The quantitative estimate of drug-likeness (QED) is 0.0963. The zero-order chi connectivity index (χ0) is 30.1. The number of nitrogens with two attached hydrogens (primary N) is 1. The molecule has 3 aromatic rings. The van der Waals surface area contributed by atoms with E-state index in [1.54, 1.807) is 12.1 Å². The van der Waals surface area contributed by atoms with Crippen LogP contribution in [0.3, 0.4) is 0 Å². The second-order valence-electron chi connectivity index (χ2n) is 10.2. The summed E-state index contributed by atoms with van der Waals surface area (Å²) in [4.78, 5) is 25.2. The van der Waals surface area contributed by atoms with E-state index in [2.05, 4.69) is 46.1 Å². The van der Waals surface area contributed by atoms with E-state index in [1.807, 2.05) is 48.2 Å². The third-order valence-corrected chi connectivity index (χ3v) is 7.48. The average molecular weight is 590 g/mol. The van der Waals surface area contributed by atoms with Gasteiger partial charge in [0.2, 0.25) is 5.96 Å². The van der Waals surface area contributed by atoms with Crippen molar-refractivity contribution in [3.63, 3.8) is 0 Å². The Labute approximate surface area is 250 Å². The highest BCUT2D eigenvalue weighted by Crippen LogP contribution is 2.29. The van der Waals surface area contributed by atoms with Gasteiger partial charge in [0.1, 0.15) is 0 Å². The van der Waals surface area contributed by atoms with Crippen molar-refractivity contribution in [2.75, 3.05) is 11.4 Å². The number of hydrazone groups is 1. The van der Waals surface area contributed by atoms with Gasteiger partial charge in [-0.2, -0.15) is 0 Å². The number of anilines is 1. The maximum atomic E-state index is 12.4. The Morgan fingerprint density at radius 3 is 2.31 bits per heavy atom. The second kappa shape index (κ2) is 14.5. The predicted octanol–water partition coefficient (Wildman–Crippen LogP) is 5.06. The normalized spacial score (nSPS) is 14.8. The molecule has 42 heavy (non-hydrogen) atoms. The number of carboxylic acid groups (broad SMARTS) is 1. The lowest BCUT2D eigenvalue weighted by Gasteiger charge is -2.29. The van der Waals surface area contributed by atoms with Crippen molar-refractivity contribution < 1.29 is 19.8 Å². The van der Waals surface area contributed by atoms with Crippen LogP contribution in [0, 0.1) is 0 Å². The molecule has 10 heteroatoms. The van der Waals surface area contributed by atoms with Crippen LogP contribution in [0.15, 0.2) is 84.0 Å². The fraction of sp³-hybridized carbons (Fsp3) is 0.281. The molecule has 3 aromatic carbocycles. The van der Waals surface area contributed by atoms with Gasteiger partial charge in [0.15, 0.2) is 6.10 Å². The van der Waals surface area contributed by atoms with Crippen molar-refractivity contribution in [1.82, 2.24) is 10.6 Å². The molecule has 2 atom stereocenters. The Bertz CT molecular complexity index is 1420. The molecule has 0 aromatic heterocycles. The van der Waals surface area contributed by atoms with Gasteiger partial charge in [-0.15, -0.1) is 5.10 Å². The van der Waals surface area contributed by atoms with Crippen LogP contribution in [0.4, 0.5) is 5.69 Å². The molecular weight excluding hydrogens is 554 g/mol. The number of rotatable bonds is 10. The fourth-order valence-electron chi connectivity index (χ4n) is 4.78. The van der Waals surface area contributed by atoms with Gasteiger partial charge in [-0.05, 0) is 91.3 Å². The number of aliphatic hydroxyl groups is 1. The Morgan fingerprint density at radius 1 is 1.02 bits per heavy atom. The van der Waals surface area contributed by atoms with Crippen LogP contribution in [-0.4, -0.2) is 40.7 Å². The number of nitrogens with zero attached hydrogens (tertiary/aromatic N) is 2. The van der Waals surface area contributed by atoms with Crippen LogP contribution in [0.5, 0.6) is 0 Å². The Kier molecular flexibility index (Phi) is 10.6. The number of benzene rings is 3. The molecule has 220 valence electrons. The number of hydrogen-bond acceptors (Lipinski definition) is 5. The topological polar surface area (TPSA) is 140 Å². The monoisotopic (exact) mass is 589 g/mol. The van der Waals surface area contributed by atoms with E-state index in [-0.39, 0.29) is 12.6 Å². The summed E-state index contributed by atoms with van der Waals surface area (Å²) in [7, 11) is 0. The van der Waals surface area contributed by atoms with Crippen LogP contribution >= 0.6 is 11.6 Å². The molecular formula is C32H36ClN5O4. The lowest BCUT2D eigenvalue weighted by molar-refractivity contribution is -0.146. The van der Waals surface area contributed by atoms with Crippen LogP contribution in [-0.2, 0) is 11.3 Å². The van der Waals surface area contributed by atoms with E-state index in [9.17, 15) is 14.7 Å². The van der Waals surface area contributed by atoms with Crippen molar-refractivity contribution in [2.24, 2.45) is 10.9 Å². The molecule has 0 radical (unpaired) electrons. The number of aliphatic hydroxyl groups excluding tert-OH is 1. The Balaban J connectivity index is 1.56. The standard InChI is InChI=1S/C32H36ClN5O4/c1-21(23-11-15-27(33)16-12-23)36-32(37-34)38(28-17-13-25(14-18-28)24-5-3-2-4-6-24)20-22-7-9-26(10-8-22)30(40)35-19-29(39)31(41)42/h5,7-18,21,29,39H,2-4,6,19-20,34H2,1H3,(H,35,40)(H,36,37)(H,41,42)/t21?,29-/m1/s1. The average Bonchev–Trinajstić information content (AvgIpc) is 3.02. The molecule has 0 saturated carbocycles. The summed E-state index contributed by atoms with van der Waals surface area (Å²) in [5.74, 6) is 4.53. The number of allylic oxidation sites excluding steroid dienone is 2. The van der Waals surface area contributed by atoms with Crippen LogP contribution in [0.25, 0.3) is 5.57 Å². The number of aliphatic carboxylic acids is 1. The van der Waals surface area contributed by atoms with Gasteiger partial charge in [-0.1, -0.05) is 54.1 Å². The molecule has 6 N–H and O–H groups in total. The van der Waals surface area contributed by atoms with Gasteiger partial charge in [0.05, 0.1) is 19.1 Å². The van der Waals surface area contributed by atoms with E-state index in [4.69, 9.17) is 22.6 Å². The molecule has 1 amide bonds. The molecule has 0 aliphatic heterocycles. The molecule has 0 spiro atoms. The lowest BCUT2D eigenvalue weighted by Crippen LogP contribution is -2.43. The van der Waals surface area contributed by atoms with Crippen LogP contribution in [0.2, 0.25) is 5.02 Å². The minimum absolute atomic E-state index is 0.119. The van der Waals surface area contributed by atoms with Gasteiger partial charge < -0.3 is 31.6 Å². The molecule has 1 aliphatic carbocycles. The maximum absolute atomic E-state index is 12.4. The largest absolute Gasteiger partial charge is 0.479 e. The Morgan fingerprint density at radius 2 is 1.71 bits per heavy atom. The summed E-state index contributed by atoms with van der Waals surface area (Å²) in [6, 6.07) is 22.7. The predicted molar refractivity (Wildman–Crippen MR) is 166 cm³/mol. The number of carbonyl (C=O) groups excluding carboxylic acids is 1. The van der Waals surface area contributed by atoms with E-state index in [0.717, 1.165) is 29.7 Å². The van der Waals surface area contributed by atoms with Crippen molar-refractivity contribution in [1.29, 1.82) is 0 Å². The number of carbonyl (C=O) groups is 2. The van der Waals surface area contributed by atoms with E-state index in [1.165, 1.54) is 24.0 Å². The first-order valence-corrected chi connectivity index (χ1v) is 14.3. The molecule has 0 saturated heterocycles. The summed E-state index contributed by atoms with van der Waals surface area (Å²) in [6.45, 7) is 2.03. The second-order valence-corrected chi connectivity index (χ2v) is 10.7. The van der Waals surface area contributed by atoms with Gasteiger partial charge in [-0.3, -0.25) is 4.79 Å². The molecule has 0 heterocycles. The molecule has 9 nitrogen and oxygen atoms in total. The number of carboxylic acids is 1. The van der Waals surface area contributed by atoms with Gasteiger partial charge in [0.25, 0.3) is 5.91 Å². The summed E-state index contributed by atoms with van der Waals surface area (Å²) < 4.78 is 0. The molecule has 0 fully saturated rings. The zero-order valence-corrected chi connectivity index (χ0v) is 24.2. The molecule has 4 rings (SSSR count). The summed E-state index contributed by atoms with van der Waals surface area (Å²) in [5.41, 5.74) is 5.71. The van der Waals surface area contributed by atoms with Crippen molar-refractivity contribution in [3.8, 4) is 0 Å². The van der Waals surface area contributed by atoms with Crippen molar-refractivity contribution in [3.05, 3.63) is 106 Å². The van der Waals surface area contributed by atoms with Crippen LogP contribution in [0.1, 0.15) is 65.7 Å². The smallest absolute Gasteiger partial charge is 0.334 e. The minimum atomic E-state index is -1.67. The highest BCUT2D eigenvalue weighted by molar-refractivity contribution is 6.30. The van der Waals surface area contributed by atoms with Gasteiger partial charge >= 0.3 is 5.97 Å². The molecule has 0 bridgehead atoms. The van der Waals surface area contributed by atoms with E-state index < -0.39 is 18.0 Å². The first-order valence-electron chi connectivity index (χ1n) is 13.9. The number of hydrogen-bond donors (Lipinski definition) is 5. The maximum Gasteiger partial charge on any atom is 0.334 e.